The van der Waals surface area contributed by atoms with Gasteiger partial charge in [-0.2, -0.15) is 5.10 Å². The Morgan fingerprint density at radius 1 is 0.833 bits per heavy atom. The fourth-order valence-electron chi connectivity index (χ4n) is 3.15. The summed E-state index contributed by atoms with van der Waals surface area (Å²) < 4.78 is 11.2. The lowest BCUT2D eigenvalue weighted by Gasteiger charge is -2.10. The molecule has 0 aliphatic rings. The average molecular weight is 519 g/mol. The third kappa shape index (κ3) is 6.95. The van der Waals surface area contributed by atoms with Crippen LogP contribution in [0, 0.1) is 0 Å². The second-order valence-corrected chi connectivity index (χ2v) is 8.45. The summed E-state index contributed by atoms with van der Waals surface area (Å²) in [7, 11) is 0. The highest BCUT2D eigenvalue weighted by Crippen LogP contribution is 2.20. The number of hydrazone groups is 1. The monoisotopic (exact) mass is 518 g/mol. The number of benzene rings is 4. The minimum Gasteiger partial charge on any atom is -0.488 e. The Morgan fingerprint density at radius 2 is 1.58 bits per heavy atom. The van der Waals surface area contributed by atoms with Crippen LogP contribution in [0.3, 0.4) is 0 Å². The fourth-order valence-corrected chi connectivity index (χ4v) is 3.47. The predicted molar refractivity (Wildman–Crippen MR) is 140 cm³/mol. The number of hydrogen-bond acceptors (Lipinski definition) is 5. The van der Waals surface area contributed by atoms with Crippen LogP contribution in [-0.2, 0) is 6.61 Å². The fraction of sp³-hybridized carbons (Fsp3) is 0.0357. The van der Waals surface area contributed by atoms with E-state index in [4.69, 9.17) is 32.7 Å². The van der Waals surface area contributed by atoms with Gasteiger partial charge in [-0.05, 0) is 77.9 Å². The lowest BCUT2D eigenvalue weighted by Crippen LogP contribution is -2.18. The molecule has 0 aromatic heterocycles. The van der Waals surface area contributed by atoms with Crippen LogP contribution in [0.5, 0.6) is 11.5 Å². The molecule has 0 saturated heterocycles. The quantitative estimate of drug-likeness (QED) is 0.124. The van der Waals surface area contributed by atoms with Crippen LogP contribution in [0.15, 0.2) is 102 Å². The summed E-state index contributed by atoms with van der Waals surface area (Å²) in [5.74, 6) is -0.118. The number of nitrogens with zero attached hydrogens (tertiary/aromatic N) is 1. The number of nitrogens with one attached hydrogen (secondary N) is 1. The van der Waals surface area contributed by atoms with Gasteiger partial charge in [-0.25, -0.2) is 10.2 Å². The minimum atomic E-state index is -0.511. The lowest BCUT2D eigenvalue weighted by molar-refractivity contribution is 0.0734. The number of para-hydroxylation sites is 1. The Morgan fingerprint density at radius 3 is 2.33 bits per heavy atom. The number of rotatable bonds is 8. The zero-order valence-electron chi connectivity index (χ0n) is 18.9. The van der Waals surface area contributed by atoms with Crippen molar-refractivity contribution in [3.63, 3.8) is 0 Å². The SMILES string of the molecule is O=C(Oc1ccc(/C=N\NC(=O)c2ccccc2OCc2ccc(Cl)cc2)cc1)c1cccc(Cl)c1. The van der Waals surface area contributed by atoms with Crippen LogP contribution in [0.2, 0.25) is 10.0 Å². The molecule has 0 heterocycles. The van der Waals surface area contributed by atoms with Crippen molar-refractivity contribution in [1.29, 1.82) is 0 Å². The summed E-state index contributed by atoms with van der Waals surface area (Å²) in [6, 6.07) is 27.4. The first-order valence-electron chi connectivity index (χ1n) is 10.9. The van der Waals surface area contributed by atoms with E-state index in [1.807, 2.05) is 12.1 Å². The summed E-state index contributed by atoms with van der Waals surface area (Å²) >= 11 is 11.8. The Balaban J connectivity index is 1.33. The molecule has 0 aliphatic heterocycles. The minimum absolute atomic E-state index is 0.291. The van der Waals surface area contributed by atoms with E-state index >= 15 is 0 Å². The van der Waals surface area contributed by atoms with Crippen LogP contribution in [0.25, 0.3) is 0 Å². The third-order valence-electron chi connectivity index (χ3n) is 4.97. The molecular formula is C28H20Cl2N2O4. The van der Waals surface area contributed by atoms with Crippen molar-refractivity contribution in [3.05, 3.63) is 129 Å². The van der Waals surface area contributed by atoms with E-state index in [9.17, 15) is 9.59 Å². The molecule has 180 valence electrons. The molecular weight excluding hydrogens is 499 g/mol. The largest absolute Gasteiger partial charge is 0.488 e. The number of amides is 1. The average Bonchev–Trinajstić information content (AvgIpc) is 2.89. The van der Waals surface area contributed by atoms with E-state index in [2.05, 4.69) is 10.5 Å². The van der Waals surface area contributed by atoms with Gasteiger partial charge in [0.25, 0.3) is 5.91 Å². The van der Waals surface area contributed by atoms with Gasteiger partial charge < -0.3 is 9.47 Å². The predicted octanol–water partition coefficient (Wildman–Crippen LogP) is 6.56. The first-order chi connectivity index (χ1) is 17.5. The van der Waals surface area contributed by atoms with Crippen molar-refractivity contribution in [1.82, 2.24) is 5.43 Å². The highest BCUT2D eigenvalue weighted by Gasteiger charge is 2.12. The molecule has 4 aromatic rings. The van der Waals surface area contributed by atoms with Crippen molar-refractivity contribution in [2.75, 3.05) is 0 Å². The summed E-state index contributed by atoms with van der Waals surface area (Å²) in [6.07, 6.45) is 1.48. The molecule has 0 bridgehead atoms. The second kappa shape index (κ2) is 12.0. The van der Waals surface area contributed by atoms with Gasteiger partial charge in [-0.15, -0.1) is 0 Å². The summed E-state index contributed by atoms with van der Waals surface area (Å²) in [5.41, 5.74) is 4.84. The van der Waals surface area contributed by atoms with E-state index in [1.165, 1.54) is 12.3 Å². The van der Waals surface area contributed by atoms with Gasteiger partial charge in [-0.3, -0.25) is 4.79 Å². The molecule has 4 aromatic carbocycles. The van der Waals surface area contributed by atoms with Crippen molar-refractivity contribution in [3.8, 4) is 11.5 Å². The van der Waals surface area contributed by atoms with Crippen molar-refractivity contribution >= 4 is 41.3 Å². The molecule has 0 aliphatic carbocycles. The van der Waals surface area contributed by atoms with Crippen LogP contribution in [-0.4, -0.2) is 18.1 Å². The Labute approximate surface area is 218 Å². The molecule has 1 amide bonds. The highest BCUT2D eigenvalue weighted by molar-refractivity contribution is 6.31. The van der Waals surface area contributed by atoms with Crippen LogP contribution >= 0.6 is 23.2 Å². The zero-order valence-corrected chi connectivity index (χ0v) is 20.4. The number of ether oxygens (including phenoxy) is 2. The topological polar surface area (TPSA) is 77.0 Å². The van der Waals surface area contributed by atoms with E-state index in [-0.39, 0.29) is 0 Å². The molecule has 4 rings (SSSR count). The maximum atomic E-state index is 12.7. The van der Waals surface area contributed by atoms with E-state index in [1.54, 1.807) is 78.9 Å². The summed E-state index contributed by atoms with van der Waals surface area (Å²) in [5, 5.41) is 5.11. The normalized spacial score (nSPS) is 10.7. The summed E-state index contributed by atoms with van der Waals surface area (Å²) in [4.78, 5) is 24.9. The van der Waals surface area contributed by atoms with Crippen LogP contribution in [0.4, 0.5) is 0 Å². The standard InChI is InChI=1S/C28H20Cl2N2O4/c29-22-12-8-20(9-13-22)18-35-26-7-2-1-6-25(26)27(33)32-31-17-19-10-14-24(15-11-19)36-28(34)21-4-3-5-23(30)16-21/h1-17H,18H2,(H,32,33)/b31-17-. The maximum absolute atomic E-state index is 12.7. The van der Waals surface area contributed by atoms with Crippen molar-refractivity contribution < 1.29 is 19.1 Å². The van der Waals surface area contributed by atoms with Crippen LogP contribution < -0.4 is 14.9 Å². The van der Waals surface area contributed by atoms with Gasteiger partial charge in [0, 0.05) is 10.0 Å². The molecule has 0 spiro atoms. The van der Waals surface area contributed by atoms with Gasteiger partial charge in [0.05, 0.1) is 17.3 Å². The smallest absolute Gasteiger partial charge is 0.343 e. The first-order valence-corrected chi connectivity index (χ1v) is 11.6. The van der Waals surface area contributed by atoms with E-state index < -0.39 is 11.9 Å². The molecule has 1 N–H and O–H groups in total. The molecule has 36 heavy (non-hydrogen) atoms. The van der Waals surface area contributed by atoms with Gasteiger partial charge in [0.15, 0.2) is 0 Å². The number of halogens is 2. The van der Waals surface area contributed by atoms with Gasteiger partial charge >= 0.3 is 5.97 Å². The van der Waals surface area contributed by atoms with Gasteiger partial charge in [0.2, 0.25) is 0 Å². The third-order valence-corrected chi connectivity index (χ3v) is 5.46. The first kappa shape index (κ1) is 25.0. The number of carbonyl (C=O) groups is 2. The molecule has 6 nitrogen and oxygen atoms in total. The number of esters is 1. The van der Waals surface area contributed by atoms with Gasteiger partial charge in [-0.1, -0.05) is 53.5 Å². The zero-order chi connectivity index (χ0) is 25.3. The summed E-state index contributed by atoms with van der Waals surface area (Å²) in [6.45, 7) is 0.291. The lowest BCUT2D eigenvalue weighted by atomic mass is 10.2. The highest BCUT2D eigenvalue weighted by atomic mass is 35.5. The molecule has 0 atom stereocenters. The molecule has 0 saturated carbocycles. The van der Waals surface area contributed by atoms with E-state index in [0.717, 1.165) is 5.56 Å². The molecule has 0 fully saturated rings. The van der Waals surface area contributed by atoms with E-state index in [0.29, 0.717) is 44.8 Å². The van der Waals surface area contributed by atoms with Crippen molar-refractivity contribution in [2.45, 2.75) is 6.61 Å². The molecule has 0 unspecified atom stereocenters. The Hall–Kier alpha value is -4.13. The number of carbonyl (C=O) groups excluding carboxylic acids is 2. The number of hydrogen-bond donors (Lipinski definition) is 1. The maximum Gasteiger partial charge on any atom is 0.343 e. The molecule has 0 radical (unpaired) electrons. The van der Waals surface area contributed by atoms with Gasteiger partial charge in [0.1, 0.15) is 18.1 Å². The van der Waals surface area contributed by atoms with Crippen LogP contribution in [0.1, 0.15) is 31.8 Å². The van der Waals surface area contributed by atoms with Crippen molar-refractivity contribution in [2.24, 2.45) is 5.10 Å². The second-order valence-electron chi connectivity index (χ2n) is 7.58. The Kier molecular flexibility index (Phi) is 8.34. The molecule has 8 heteroatoms. The Bertz CT molecular complexity index is 1390.